The number of imide groups is 1. The van der Waals surface area contributed by atoms with Crippen molar-refractivity contribution in [3.05, 3.63) is 22.4 Å². The number of carbonyl (C=O) groups excluding carboxylic acids is 3. The van der Waals surface area contributed by atoms with Crippen LogP contribution in [-0.2, 0) is 20.7 Å². The predicted molar refractivity (Wildman–Crippen MR) is 80.0 cm³/mol. The van der Waals surface area contributed by atoms with Crippen LogP contribution >= 0.6 is 11.3 Å². The van der Waals surface area contributed by atoms with Crippen molar-refractivity contribution in [3.63, 3.8) is 0 Å². The van der Waals surface area contributed by atoms with Crippen molar-refractivity contribution >= 4 is 29.2 Å². The van der Waals surface area contributed by atoms with Crippen LogP contribution in [0.15, 0.2) is 17.5 Å². The molecule has 0 aromatic carbocycles. The number of thiophene rings is 1. The van der Waals surface area contributed by atoms with E-state index >= 15 is 0 Å². The maximum Gasteiger partial charge on any atom is 0.321 e. The van der Waals surface area contributed by atoms with Crippen LogP contribution in [-0.4, -0.2) is 30.1 Å². The van der Waals surface area contributed by atoms with Crippen LogP contribution in [0.25, 0.3) is 0 Å². The number of amides is 3. The van der Waals surface area contributed by atoms with E-state index < -0.39 is 24.0 Å². The third-order valence-corrected chi connectivity index (χ3v) is 3.43. The number of urea groups is 1. The van der Waals surface area contributed by atoms with E-state index in [0.29, 0.717) is 6.42 Å². The van der Waals surface area contributed by atoms with Crippen molar-refractivity contribution in [2.24, 2.45) is 0 Å². The van der Waals surface area contributed by atoms with Gasteiger partial charge in [0.25, 0.3) is 5.91 Å². The van der Waals surface area contributed by atoms with E-state index in [-0.39, 0.29) is 12.5 Å². The Balaban J connectivity index is 2.30. The third-order valence-electron chi connectivity index (χ3n) is 2.49. The summed E-state index contributed by atoms with van der Waals surface area (Å²) >= 11 is 1.56. The van der Waals surface area contributed by atoms with Crippen LogP contribution in [0.3, 0.4) is 0 Å². The Labute approximate surface area is 127 Å². The molecule has 0 spiro atoms. The number of nitrogens with one attached hydrogen (secondary N) is 2. The molecule has 2 N–H and O–H groups in total. The van der Waals surface area contributed by atoms with Crippen LogP contribution in [0.2, 0.25) is 0 Å². The Morgan fingerprint density at radius 1 is 1.29 bits per heavy atom. The van der Waals surface area contributed by atoms with Crippen molar-refractivity contribution in [2.75, 3.05) is 0 Å². The number of carbonyl (C=O) groups is 3. The predicted octanol–water partition coefficient (Wildman–Crippen LogP) is 1.85. The van der Waals surface area contributed by atoms with Gasteiger partial charge >= 0.3 is 12.0 Å². The van der Waals surface area contributed by atoms with Crippen molar-refractivity contribution in [1.82, 2.24) is 10.6 Å². The van der Waals surface area contributed by atoms with E-state index in [0.717, 1.165) is 4.88 Å². The number of aryl methyl sites for hydroxylation is 1. The average Bonchev–Trinajstić information content (AvgIpc) is 2.88. The summed E-state index contributed by atoms with van der Waals surface area (Å²) in [5, 5.41) is 6.57. The molecule has 0 radical (unpaired) electrons. The highest BCUT2D eigenvalue weighted by Gasteiger charge is 2.20. The molecule has 0 bridgehead atoms. The lowest BCUT2D eigenvalue weighted by atomic mass is 10.2. The molecule has 0 saturated carbocycles. The standard InChI is InChI=1S/C14H20N2O4S/c1-9(2)15-14(19)16-13(18)10(3)20-12(17)7-6-11-5-4-8-21-11/h4-5,8-10H,6-7H2,1-3H3,(H2,15,16,18,19)/t10-/m0/s1. The number of rotatable bonds is 6. The van der Waals surface area contributed by atoms with E-state index in [1.807, 2.05) is 17.5 Å². The van der Waals surface area contributed by atoms with Gasteiger partial charge in [0.15, 0.2) is 6.10 Å². The zero-order valence-electron chi connectivity index (χ0n) is 12.3. The lowest BCUT2D eigenvalue weighted by Gasteiger charge is -2.14. The van der Waals surface area contributed by atoms with E-state index in [2.05, 4.69) is 10.6 Å². The van der Waals surface area contributed by atoms with E-state index in [4.69, 9.17) is 4.74 Å². The molecular weight excluding hydrogens is 292 g/mol. The molecule has 7 heteroatoms. The average molecular weight is 312 g/mol. The van der Waals surface area contributed by atoms with Crippen LogP contribution in [0, 0.1) is 0 Å². The Morgan fingerprint density at radius 3 is 2.57 bits per heavy atom. The van der Waals surface area contributed by atoms with Gasteiger partial charge in [-0.2, -0.15) is 0 Å². The second-order valence-electron chi connectivity index (χ2n) is 4.83. The van der Waals surface area contributed by atoms with Gasteiger partial charge in [-0.3, -0.25) is 14.9 Å². The molecule has 0 unspecified atom stereocenters. The van der Waals surface area contributed by atoms with Crippen LogP contribution in [0.1, 0.15) is 32.1 Å². The minimum Gasteiger partial charge on any atom is -0.453 e. The van der Waals surface area contributed by atoms with Crippen molar-refractivity contribution in [1.29, 1.82) is 0 Å². The first-order valence-corrected chi connectivity index (χ1v) is 7.59. The zero-order chi connectivity index (χ0) is 15.8. The Hall–Kier alpha value is -1.89. The van der Waals surface area contributed by atoms with Crippen molar-refractivity contribution < 1.29 is 19.1 Å². The van der Waals surface area contributed by atoms with Crippen LogP contribution in [0.5, 0.6) is 0 Å². The van der Waals surface area contributed by atoms with Gasteiger partial charge in [0.2, 0.25) is 0 Å². The number of esters is 1. The molecule has 0 aliphatic carbocycles. The van der Waals surface area contributed by atoms with Gasteiger partial charge in [-0.15, -0.1) is 11.3 Å². The molecule has 1 aromatic heterocycles. The first kappa shape index (κ1) is 17.2. The maximum atomic E-state index is 11.7. The Kier molecular flexibility index (Phi) is 6.87. The molecule has 6 nitrogen and oxygen atoms in total. The summed E-state index contributed by atoms with van der Waals surface area (Å²) in [5.74, 6) is -1.10. The van der Waals surface area contributed by atoms with Crippen molar-refractivity contribution in [3.8, 4) is 0 Å². The second kappa shape index (κ2) is 8.41. The van der Waals surface area contributed by atoms with Crippen molar-refractivity contribution in [2.45, 2.75) is 45.8 Å². The minimum absolute atomic E-state index is 0.0820. The highest BCUT2D eigenvalue weighted by atomic mass is 32.1. The van der Waals surface area contributed by atoms with Gasteiger partial charge < -0.3 is 10.1 Å². The minimum atomic E-state index is -1.00. The molecular formula is C14H20N2O4S. The quantitative estimate of drug-likeness (QED) is 0.785. The molecule has 1 heterocycles. The van der Waals surface area contributed by atoms with Crippen LogP contribution < -0.4 is 10.6 Å². The van der Waals surface area contributed by atoms with Gasteiger partial charge in [0.1, 0.15) is 0 Å². The molecule has 21 heavy (non-hydrogen) atoms. The summed E-state index contributed by atoms with van der Waals surface area (Å²) in [6.45, 7) is 4.98. The molecule has 0 fully saturated rings. The number of hydrogen-bond donors (Lipinski definition) is 2. The summed E-state index contributed by atoms with van der Waals surface area (Å²) in [4.78, 5) is 35.7. The normalized spacial score (nSPS) is 11.8. The molecule has 0 saturated heterocycles. The molecule has 0 aliphatic heterocycles. The highest BCUT2D eigenvalue weighted by Crippen LogP contribution is 2.11. The third kappa shape index (κ3) is 6.89. The molecule has 116 valence electrons. The van der Waals surface area contributed by atoms with E-state index in [9.17, 15) is 14.4 Å². The lowest BCUT2D eigenvalue weighted by Crippen LogP contribution is -2.46. The number of hydrogen-bond acceptors (Lipinski definition) is 5. The fourth-order valence-electron chi connectivity index (χ4n) is 1.50. The largest absolute Gasteiger partial charge is 0.453 e. The maximum absolute atomic E-state index is 11.7. The SMILES string of the molecule is CC(C)NC(=O)NC(=O)[C@H](C)OC(=O)CCc1cccs1. The zero-order valence-corrected chi connectivity index (χ0v) is 13.2. The topological polar surface area (TPSA) is 84.5 Å². The van der Waals surface area contributed by atoms with E-state index in [1.54, 1.807) is 25.2 Å². The monoisotopic (exact) mass is 312 g/mol. The highest BCUT2D eigenvalue weighted by molar-refractivity contribution is 7.09. The molecule has 3 amide bonds. The van der Waals surface area contributed by atoms with E-state index in [1.165, 1.54) is 6.92 Å². The van der Waals surface area contributed by atoms with Gasteiger partial charge in [0, 0.05) is 10.9 Å². The van der Waals surface area contributed by atoms with Crippen LogP contribution in [0.4, 0.5) is 4.79 Å². The Bertz CT molecular complexity index is 485. The first-order chi connectivity index (χ1) is 9.88. The van der Waals surface area contributed by atoms with Gasteiger partial charge in [-0.1, -0.05) is 6.07 Å². The molecule has 0 aliphatic rings. The lowest BCUT2D eigenvalue weighted by molar-refractivity contribution is -0.154. The summed E-state index contributed by atoms with van der Waals surface area (Å²) in [7, 11) is 0. The summed E-state index contributed by atoms with van der Waals surface area (Å²) < 4.78 is 4.99. The summed E-state index contributed by atoms with van der Waals surface area (Å²) in [6.07, 6.45) is -0.214. The molecule has 1 aromatic rings. The molecule has 1 rings (SSSR count). The summed E-state index contributed by atoms with van der Waals surface area (Å²) in [6, 6.07) is 3.16. The Morgan fingerprint density at radius 2 is 2.00 bits per heavy atom. The van der Waals surface area contributed by atoms with Gasteiger partial charge in [0.05, 0.1) is 6.42 Å². The molecule has 1 atom stereocenters. The van der Waals surface area contributed by atoms with Gasteiger partial charge in [-0.25, -0.2) is 4.79 Å². The number of ether oxygens (including phenoxy) is 1. The summed E-state index contributed by atoms with van der Waals surface area (Å²) in [5.41, 5.74) is 0. The van der Waals surface area contributed by atoms with Gasteiger partial charge in [-0.05, 0) is 38.6 Å². The fraction of sp³-hybridized carbons (Fsp3) is 0.500. The fourth-order valence-corrected chi connectivity index (χ4v) is 2.21. The smallest absolute Gasteiger partial charge is 0.321 e. The first-order valence-electron chi connectivity index (χ1n) is 6.71. The second-order valence-corrected chi connectivity index (χ2v) is 5.86.